The van der Waals surface area contributed by atoms with Gasteiger partial charge in [0.1, 0.15) is 41.7 Å². The Morgan fingerprint density at radius 3 is 2.35 bits per heavy atom. The molecule has 344 valence electrons. The lowest BCUT2D eigenvalue weighted by Gasteiger charge is -2.68. The number of pyridine rings is 1. The normalized spacial score (nSPS) is 34.1. The maximum atomic E-state index is 14.5. The number of nitrogens with one attached hydrogen (secondary N) is 1. The van der Waals surface area contributed by atoms with E-state index in [9.17, 15) is 29.4 Å². The lowest BCUT2D eigenvalue weighted by Crippen LogP contribution is -2.79. The summed E-state index contributed by atoms with van der Waals surface area (Å²) in [6, 6.07) is 10.3. The second-order valence-electron chi connectivity index (χ2n) is 19.7. The van der Waals surface area contributed by atoms with Gasteiger partial charge in [0.2, 0.25) is 0 Å². The molecule has 0 spiro atoms. The van der Waals surface area contributed by atoms with E-state index in [4.69, 9.17) is 33.2 Å². The smallest absolute Gasteiger partial charge is 0.408 e. The predicted octanol–water partition coefficient (Wildman–Crippen LogP) is 3.93. The van der Waals surface area contributed by atoms with Crippen LogP contribution >= 0.6 is 9.24 Å². The van der Waals surface area contributed by atoms with Crippen LogP contribution in [0.25, 0.3) is 0 Å². The summed E-state index contributed by atoms with van der Waals surface area (Å²) < 4.78 is 44.8. The molecule has 1 unspecified atom stereocenters. The molecule has 2 bridgehead atoms. The van der Waals surface area contributed by atoms with Crippen LogP contribution in [0.15, 0.2) is 59.8 Å². The van der Waals surface area contributed by atoms with Crippen LogP contribution in [0.5, 0.6) is 0 Å². The molecule has 17 heteroatoms. The molecule has 3 aliphatic carbocycles. The van der Waals surface area contributed by atoms with Gasteiger partial charge in [-0.1, -0.05) is 45.0 Å². The molecule has 1 aromatic carbocycles. The van der Waals surface area contributed by atoms with E-state index in [1.165, 1.54) is 13.1 Å². The first-order valence-corrected chi connectivity index (χ1v) is 22.1. The summed E-state index contributed by atoms with van der Waals surface area (Å²) in [6.45, 7) is 14.2. The second kappa shape index (κ2) is 17.1. The highest BCUT2D eigenvalue weighted by Gasteiger charge is 2.77. The Morgan fingerprint density at radius 2 is 1.75 bits per heavy atom. The lowest BCUT2D eigenvalue weighted by molar-refractivity contribution is -0.345. The molecule has 16 nitrogen and oxygen atoms in total. The minimum absolute atomic E-state index is 0.0314. The van der Waals surface area contributed by atoms with Gasteiger partial charge in [-0.3, -0.25) is 9.78 Å². The SMILES string of the molecule is CC(=O)O[C@@]12CO[C@@H]1CC[C@@]1(C)[C@@H]3O[C@H](CN(C)C)O[C@@H]3C3=C(C)[C@@H](OC(=O)[C@H](O)[C@@H](NC(=O)OC(C)(C)C)c4ncccc4P)C[C@@](O)([C@@H](OC(=O)c4ccccc4)[C@@H]12)C3(C)C. The van der Waals surface area contributed by atoms with Gasteiger partial charge in [-0.15, -0.1) is 9.24 Å². The monoisotopic (exact) mass is 895 g/mol. The zero-order valence-electron chi connectivity index (χ0n) is 37.7. The van der Waals surface area contributed by atoms with Crippen molar-refractivity contribution in [2.45, 2.75) is 140 Å². The molecule has 7 rings (SSSR count). The molecule has 2 saturated carbocycles. The fourth-order valence-corrected chi connectivity index (χ4v) is 11.2. The highest BCUT2D eigenvalue weighted by molar-refractivity contribution is 7.27. The maximum absolute atomic E-state index is 14.5. The molecule has 1 aromatic heterocycles. The van der Waals surface area contributed by atoms with Crippen LogP contribution < -0.4 is 10.6 Å². The van der Waals surface area contributed by atoms with Crippen LogP contribution in [-0.2, 0) is 42.7 Å². The fourth-order valence-electron chi connectivity index (χ4n) is 10.8. The topological polar surface area (TPSA) is 202 Å². The van der Waals surface area contributed by atoms with Crippen molar-refractivity contribution in [1.29, 1.82) is 0 Å². The standard InChI is InChI=1S/C46H62N3O13P/c1-24-27(57-40(53)34(51)33(32-28(63)17-14-20-47-32)48-41(54)62-42(3,4)5)21-46(55)38(60-39(52)26-15-12-11-13-16-26)36-44(8,19-18-29-45(36,23-56-29)61-25(2)50)37-35(31(24)43(46,6)7)58-30(59-37)22-49(9)10/h11-17,20,27,29-30,33-38,51,55H,18-19,21-23,63H2,1-10H3,(H,48,54)/t27-,29+,30+,33-,34+,35+,36-,37+,38-,44+,45-,46+/m0/s1. The average Bonchev–Trinajstić information content (AvgIpc) is 3.59. The number of aromatic nitrogens is 1. The number of rotatable bonds is 10. The third-order valence-electron chi connectivity index (χ3n) is 13.7. The van der Waals surface area contributed by atoms with Gasteiger partial charge in [-0.2, -0.15) is 0 Å². The predicted molar refractivity (Wildman–Crippen MR) is 230 cm³/mol. The first-order chi connectivity index (χ1) is 29.4. The number of fused-ring (bicyclic) bond motifs is 8. The zero-order valence-corrected chi connectivity index (χ0v) is 38.9. The van der Waals surface area contributed by atoms with Crippen LogP contribution in [0, 0.1) is 16.7 Å². The second-order valence-corrected chi connectivity index (χ2v) is 20.3. The summed E-state index contributed by atoms with van der Waals surface area (Å²) >= 11 is 0. The van der Waals surface area contributed by atoms with Crippen molar-refractivity contribution in [3.63, 3.8) is 0 Å². The number of benzene rings is 1. The van der Waals surface area contributed by atoms with E-state index in [2.05, 4.69) is 19.5 Å². The molecule has 1 amide bonds. The van der Waals surface area contributed by atoms with Gasteiger partial charge < -0.3 is 53.6 Å². The third kappa shape index (κ3) is 8.41. The Bertz CT molecular complexity index is 2130. The Hall–Kier alpha value is -4.02. The molecule has 13 atom stereocenters. The van der Waals surface area contributed by atoms with E-state index in [0.29, 0.717) is 35.8 Å². The first kappa shape index (κ1) is 47.0. The number of nitrogens with zero attached hydrogens (tertiary/aromatic N) is 2. The van der Waals surface area contributed by atoms with Crippen molar-refractivity contribution in [2.24, 2.45) is 16.7 Å². The van der Waals surface area contributed by atoms with E-state index < -0.39 is 107 Å². The molecule has 3 N–H and O–H groups in total. The number of hydrogen-bond donors (Lipinski definition) is 3. The molecule has 2 saturated heterocycles. The van der Waals surface area contributed by atoms with Gasteiger partial charge in [-0.05, 0) is 89.3 Å². The van der Waals surface area contributed by atoms with Gasteiger partial charge in [-0.25, -0.2) is 14.4 Å². The minimum atomic E-state index is -2.07. The molecule has 63 heavy (non-hydrogen) atoms. The summed E-state index contributed by atoms with van der Waals surface area (Å²) in [7, 11) is 6.28. The number of amides is 1. The molecule has 4 fully saturated rings. The number of esters is 3. The third-order valence-corrected chi connectivity index (χ3v) is 14.2. The number of ether oxygens (including phenoxy) is 7. The molecular weight excluding hydrogens is 833 g/mol. The molecule has 3 heterocycles. The van der Waals surface area contributed by atoms with Crippen LogP contribution in [0.3, 0.4) is 0 Å². The molecular formula is C46H62N3O13P. The van der Waals surface area contributed by atoms with Crippen molar-refractivity contribution in [1.82, 2.24) is 15.2 Å². The van der Waals surface area contributed by atoms with Crippen LogP contribution in [0.1, 0.15) is 96.7 Å². The van der Waals surface area contributed by atoms with Crippen LogP contribution in [0.4, 0.5) is 4.79 Å². The maximum Gasteiger partial charge on any atom is 0.408 e. The average molecular weight is 896 g/mol. The van der Waals surface area contributed by atoms with E-state index in [0.717, 1.165) is 0 Å². The highest BCUT2D eigenvalue weighted by atomic mass is 31.0. The van der Waals surface area contributed by atoms with E-state index in [1.54, 1.807) is 70.2 Å². The Kier molecular flexibility index (Phi) is 12.7. The van der Waals surface area contributed by atoms with Crippen molar-refractivity contribution in [2.75, 3.05) is 27.2 Å². The number of aliphatic hydroxyl groups is 2. The fraction of sp³-hybridized carbons (Fsp3) is 0.630. The van der Waals surface area contributed by atoms with Crippen molar-refractivity contribution in [3.8, 4) is 0 Å². The van der Waals surface area contributed by atoms with Gasteiger partial charge >= 0.3 is 24.0 Å². The Labute approximate surface area is 370 Å². The van der Waals surface area contributed by atoms with Crippen LogP contribution in [0.2, 0.25) is 0 Å². The van der Waals surface area contributed by atoms with Crippen molar-refractivity contribution >= 4 is 38.5 Å². The molecule has 2 aliphatic heterocycles. The Morgan fingerprint density at radius 1 is 1.05 bits per heavy atom. The summed E-state index contributed by atoms with van der Waals surface area (Å²) in [5.74, 6) is -3.38. The summed E-state index contributed by atoms with van der Waals surface area (Å²) in [6.07, 6.45) is -6.43. The molecule has 5 aliphatic rings. The molecule has 0 radical (unpaired) electrons. The summed E-state index contributed by atoms with van der Waals surface area (Å²) in [5, 5.41) is 28.9. The number of hydrogen-bond acceptors (Lipinski definition) is 15. The van der Waals surface area contributed by atoms with Crippen LogP contribution in [-0.4, -0.2) is 131 Å². The summed E-state index contributed by atoms with van der Waals surface area (Å²) in [4.78, 5) is 61.5. The lowest BCUT2D eigenvalue weighted by atomic mass is 9.45. The largest absolute Gasteiger partial charge is 0.456 e. The number of alkyl carbamates (subject to hydrolysis) is 1. The van der Waals surface area contributed by atoms with Gasteiger partial charge in [0.15, 0.2) is 18.0 Å². The highest BCUT2D eigenvalue weighted by Crippen LogP contribution is 2.66. The van der Waals surface area contributed by atoms with Gasteiger partial charge in [0.25, 0.3) is 0 Å². The van der Waals surface area contributed by atoms with Gasteiger partial charge in [0.05, 0.1) is 29.9 Å². The zero-order chi connectivity index (χ0) is 46.0. The Balaban J connectivity index is 1.38. The van der Waals surface area contributed by atoms with E-state index in [-0.39, 0.29) is 24.3 Å². The van der Waals surface area contributed by atoms with Crippen molar-refractivity contribution < 1.29 is 62.5 Å². The van der Waals surface area contributed by atoms with E-state index >= 15 is 0 Å². The van der Waals surface area contributed by atoms with Gasteiger partial charge in [0, 0.05) is 36.9 Å². The molecule has 2 aromatic rings. The number of aliphatic hydroxyl groups excluding tert-OH is 1. The number of carbonyl (C=O) groups is 4. The number of carbonyl (C=O) groups excluding carboxylic acids is 4. The minimum Gasteiger partial charge on any atom is -0.456 e. The quantitative estimate of drug-likeness (QED) is 0.134. The van der Waals surface area contributed by atoms with Crippen molar-refractivity contribution in [3.05, 3.63) is 71.1 Å². The van der Waals surface area contributed by atoms with E-state index in [1.807, 2.05) is 39.8 Å². The number of likely N-dealkylation sites (N-methyl/N-ethyl adjacent to an activating group) is 1. The first-order valence-electron chi connectivity index (χ1n) is 21.5. The summed E-state index contributed by atoms with van der Waals surface area (Å²) in [5.41, 5.74) is -5.09.